The number of fused-ring (bicyclic) bond motifs is 5. The summed E-state index contributed by atoms with van der Waals surface area (Å²) in [6, 6.07) is 57.3. The lowest BCUT2D eigenvalue weighted by atomic mass is 9.89. The summed E-state index contributed by atoms with van der Waals surface area (Å²) in [4.78, 5) is 15.4. The number of para-hydroxylation sites is 1. The Hall–Kier alpha value is -6.91. The summed E-state index contributed by atoms with van der Waals surface area (Å²) in [6.07, 6.45) is 0. The number of aryl methyl sites for hydroxylation is 1. The van der Waals surface area contributed by atoms with E-state index in [0.29, 0.717) is 17.5 Å². The van der Waals surface area contributed by atoms with Crippen molar-refractivity contribution in [3.63, 3.8) is 0 Å². The molecule has 2 heterocycles. The molecule has 0 radical (unpaired) electrons. The monoisotopic (exact) mass is 679 g/mol. The number of hydrogen-bond donors (Lipinski definition) is 0. The topological polar surface area (TPSA) is 51.8 Å². The van der Waals surface area contributed by atoms with Crippen molar-refractivity contribution in [2.45, 2.75) is 13.8 Å². The minimum Gasteiger partial charge on any atom is -0.456 e. The molecule has 0 N–H and O–H groups in total. The van der Waals surface area contributed by atoms with Gasteiger partial charge in [-0.1, -0.05) is 140 Å². The first kappa shape index (κ1) is 30.9. The van der Waals surface area contributed by atoms with Gasteiger partial charge in [0.1, 0.15) is 11.2 Å². The second-order valence-electron chi connectivity index (χ2n) is 13.7. The molecule has 0 amide bonds. The third kappa shape index (κ3) is 5.27. The highest BCUT2D eigenvalue weighted by molar-refractivity contribution is 6.06. The predicted molar refractivity (Wildman–Crippen MR) is 219 cm³/mol. The van der Waals surface area contributed by atoms with Gasteiger partial charge in [-0.3, -0.25) is 0 Å². The lowest BCUT2D eigenvalue weighted by Gasteiger charge is -2.16. The van der Waals surface area contributed by atoms with Gasteiger partial charge in [0.25, 0.3) is 0 Å². The molecule has 2 aromatic heterocycles. The first-order chi connectivity index (χ1) is 26.1. The second kappa shape index (κ2) is 12.4. The van der Waals surface area contributed by atoms with Gasteiger partial charge in [-0.15, -0.1) is 0 Å². The summed E-state index contributed by atoms with van der Waals surface area (Å²) >= 11 is 0. The standard InChI is InChI=1S/C49H33N3O/c1-30-12-3-5-16-36(30)37-19-11-20-38(31(37)2)41-21-10-15-33-28-34(24-26-40(33)41)47-50-48(35-25-27-43-42-18-7-8-23-45(42)53-46(43)29-35)52-49(51-47)44-22-9-14-32-13-4-6-17-39(32)44/h3-29H,1-2H3. The molecule has 0 atom stereocenters. The Kier molecular flexibility index (Phi) is 7.22. The van der Waals surface area contributed by atoms with E-state index < -0.39 is 0 Å². The van der Waals surface area contributed by atoms with Crippen molar-refractivity contribution < 1.29 is 4.42 Å². The van der Waals surface area contributed by atoms with E-state index in [1.54, 1.807) is 0 Å². The Bertz CT molecular complexity index is 3040. The molecule has 0 saturated carbocycles. The quantitative estimate of drug-likeness (QED) is 0.182. The molecule has 0 unspecified atom stereocenters. The van der Waals surface area contributed by atoms with Crippen LogP contribution in [-0.4, -0.2) is 15.0 Å². The van der Waals surface area contributed by atoms with Crippen LogP contribution in [0.1, 0.15) is 11.1 Å². The van der Waals surface area contributed by atoms with Gasteiger partial charge in [0, 0.05) is 27.5 Å². The largest absolute Gasteiger partial charge is 0.456 e. The summed E-state index contributed by atoms with van der Waals surface area (Å²) in [5.41, 5.74) is 11.9. The van der Waals surface area contributed by atoms with Crippen molar-refractivity contribution >= 4 is 43.5 Å². The van der Waals surface area contributed by atoms with Gasteiger partial charge in [0.15, 0.2) is 17.5 Å². The van der Waals surface area contributed by atoms with Crippen LogP contribution in [0.4, 0.5) is 0 Å². The Morgan fingerprint density at radius 1 is 0.358 bits per heavy atom. The molecule has 0 aliphatic carbocycles. The van der Waals surface area contributed by atoms with Gasteiger partial charge < -0.3 is 4.42 Å². The number of rotatable bonds is 5. The Morgan fingerprint density at radius 3 is 1.72 bits per heavy atom. The minimum absolute atomic E-state index is 0.595. The highest BCUT2D eigenvalue weighted by Crippen LogP contribution is 2.38. The van der Waals surface area contributed by atoms with E-state index in [4.69, 9.17) is 19.4 Å². The molecule has 8 aromatic carbocycles. The molecule has 0 aliphatic rings. The zero-order valence-electron chi connectivity index (χ0n) is 29.3. The fourth-order valence-corrected chi connectivity index (χ4v) is 7.79. The molecule has 53 heavy (non-hydrogen) atoms. The third-order valence-electron chi connectivity index (χ3n) is 10.5. The molecule has 10 aromatic rings. The van der Waals surface area contributed by atoms with Gasteiger partial charge in [0.05, 0.1) is 0 Å². The lowest BCUT2D eigenvalue weighted by Crippen LogP contribution is -2.00. The van der Waals surface area contributed by atoms with Crippen LogP contribution < -0.4 is 0 Å². The fraction of sp³-hybridized carbons (Fsp3) is 0.0408. The summed E-state index contributed by atoms with van der Waals surface area (Å²) < 4.78 is 6.27. The SMILES string of the molecule is Cc1ccccc1-c1cccc(-c2cccc3cc(-c4nc(-c5ccc6c(c5)oc5ccccc56)nc(-c5cccc6ccccc56)n4)ccc23)c1C. The average Bonchev–Trinajstić information content (AvgIpc) is 3.58. The van der Waals surface area contributed by atoms with Crippen molar-refractivity contribution in [2.75, 3.05) is 0 Å². The molecule has 0 aliphatic heterocycles. The number of furan rings is 1. The van der Waals surface area contributed by atoms with E-state index in [0.717, 1.165) is 54.8 Å². The van der Waals surface area contributed by atoms with Gasteiger partial charge in [-0.2, -0.15) is 0 Å². The van der Waals surface area contributed by atoms with Crippen molar-refractivity contribution in [3.8, 4) is 56.4 Å². The minimum atomic E-state index is 0.595. The smallest absolute Gasteiger partial charge is 0.164 e. The number of hydrogen-bond acceptors (Lipinski definition) is 4. The van der Waals surface area contributed by atoms with Crippen molar-refractivity contribution in [3.05, 3.63) is 175 Å². The zero-order chi connectivity index (χ0) is 35.5. The van der Waals surface area contributed by atoms with Gasteiger partial charge in [-0.05, 0) is 93.0 Å². The van der Waals surface area contributed by atoms with Crippen LogP contribution in [0.2, 0.25) is 0 Å². The maximum absolute atomic E-state index is 6.27. The normalized spacial score (nSPS) is 11.6. The fourth-order valence-electron chi connectivity index (χ4n) is 7.79. The first-order valence-electron chi connectivity index (χ1n) is 17.9. The molecule has 0 bridgehead atoms. The molecule has 4 heteroatoms. The van der Waals surface area contributed by atoms with Crippen LogP contribution in [0.15, 0.2) is 168 Å². The Balaban J connectivity index is 1.13. The molecular weight excluding hydrogens is 647 g/mol. The van der Waals surface area contributed by atoms with E-state index >= 15 is 0 Å². The Morgan fingerprint density at radius 2 is 0.887 bits per heavy atom. The Labute approximate surface area is 307 Å². The summed E-state index contributed by atoms with van der Waals surface area (Å²) in [5, 5.41) is 6.69. The molecule has 0 spiro atoms. The third-order valence-corrected chi connectivity index (χ3v) is 10.5. The maximum atomic E-state index is 6.27. The van der Waals surface area contributed by atoms with E-state index in [-0.39, 0.29) is 0 Å². The highest BCUT2D eigenvalue weighted by atomic mass is 16.3. The van der Waals surface area contributed by atoms with Crippen LogP contribution in [0, 0.1) is 13.8 Å². The summed E-state index contributed by atoms with van der Waals surface area (Å²) in [5.74, 6) is 1.84. The average molecular weight is 680 g/mol. The molecular formula is C49H33N3O. The summed E-state index contributed by atoms with van der Waals surface area (Å²) in [6.45, 7) is 4.41. The van der Waals surface area contributed by atoms with Gasteiger partial charge in [-0.25, -0.2) is 15.0 Å². The van der Waals surface area contributed by atoms with Crippen LogP contribution in [-0.2, 0) is 0 Å². The first-order valence-corrected chi connectivity index (χ1v) is 17.9. The van der Waals surface area contributed by atoms with Crippen LogP contribution in [0.3, 0.4) is 0 Å². The van der Waals surface area contributed by atoms with Crippen LogP contribution in [0.5, 0.6) is 0 Å². The van der Waals surface area contributed by atoms with Crippen molar-refractivity contribution in [1.82, 2.24) is 15.0 Å². The van der Waals surface area contributed by atoms with E-state index in [2.05, 4.69) is 153 Å². The molecule has 0 saturated heterocycles. The second-order valence-corrected chi connectivity index (χ2v) is 13.7. The summed E-state index contributed by atoms with van der Waals surface area (Å²) in [7, 11) is 0. The van der Waals surface area contributed by atoms with Gasteiger partial charge in [0.2, 0.25) is 0 Å². The highest BCUT2D eigenvalue weighted by Gasteiger charge is 2.17. The van der Waals surface area contributed by atoms with Crippen LogP contribution in [0.25, 0.3) is 99.9 Å². The molecule has 250 valence electrons. The number of nitrogens with zero attached hydrogens (tertiary/aromatic N) is 3. The zero-order valence-corrected chi connectivity index (χ0v) is 29.3. The van der Waals surface area contributed by atoms with Crippen LogP contribution >= 0.6 is 0 Å². The number of benzene rings is 8. The molecule has 0 fully saturated rings. The van der Waals surface area contributed by atoms with Crippen molar-refractivity contribution in [2.24, 2.45) is 0 Å². The predicted octanol–water partition coefficient (Wildman–Crippen LogP) is 13.0. The van der Waals surface area contributed by atoms with E-state index in [1.165, 1.54) is 38.8 Å². The lowest BCUT2D eigenvalue weighted by molar-refractivity contribution is 0.669. The molecule has 10 rings (SSSR count). The van der Waals surface area contributed by atoms with E-state index in [9.17, 15) is 0 Å². The van der Waals surface area contributed by atoms with Crippen molar-refractivity contribution in [1.29, 1.82) is 0 Å². The maximum Gasteiger partial charge on any atom is 0.164 e. The van der Waals surface area contributed by atoms with Gasteiger partial charge >= 0.3 is 0 Å². The molecule has 4 nitrogen and oxygen atoms in total. The van der Waals surface area contributed by atoms with E-state index in [1.807, 2.05) is 24.3 Å². The number of aromatic nitrogens is 3.